The normalized spacial score (nSPS) is 13.7. The van der Waals surface area contributed by atoms with E-state index in [0.717, 1.165) is 6.26 Å². The van der Waals surface area contributed by atoms with Crippen LogP contribution in [0.5, 0.6) is 0 Å². The zero-order valence-corrected chi connectivity index (χ0v) is 13.5. The Balaban J connectivity index is 4.83. The third-order valence-electron chi connectivity index (χ3n) is 3.36. The van der Waals surface area contributed by atoms with Gasteiger partial charge in [0.2, 0.25) is 0 Å². The minimum Gasteiger partial charge on any atom is -0.480 e. The molecule has 7 nitrogen and oxygen atoms in total. The SMILES string of the molecule is CCC(C)N(CC(=O)O)C(=O)NCC(C)(C)S(C)(=O)=O. The molecular weight excluding hydrogens is 284 g/mol. The van der Waals surface area contributed by atoms with Gasteiger partial charge in [0.25, 0.3) is 0 Å². The fourth-order valence-electron chi connectivity index (χ4n) is 1.32. The minimum atomic E-state index is -3.32. The summed E-state index contributed by atoms with van der Waals surface area (Å²) >= 11 is 0. The Hall–Kier alpha value is -1.31. The molecule has 20 heavy (non-hydrogen) atoms. The van der Waals surface area contributed by atoms with Gasteiger partial charge in [-0.25, -0.2) is 13.2 Å². The molecule has 0 bridgehead atoms. The van der Waals surface area contributed by atoms with Gasteiger partial charge in [-0.1, -0.05) is 6.92 Å². The second-order valence-electron chi connectivity index (χ2n) is 5.47. The topological polar surface area (TPSA) is 104 Å². The van der Waals surface area contributed by atoms with Crippen LogP contribution in [0.1, 0.15) is 34.1 Å². The summed E-state index contributed by atoms with van der Waals surface area (Å²) in [4.78, 5) is 24.0. The van der Waals surface area contributed by atoms with Crippen LogP contribution in [0.15, 0.2) is 0 Å². The molecular formula is C12H24N2O5S. The average Bonchev–Trinajstić information content (AvgIpc) is 2.30. The van der Waals surface area contributed by atoms with Gasteiger partial charge < -0.3 is 15.3 Å². The summed E-state index contributed by atoms with van der Waals surface area (Å²) in [5, 5.41) is 11.3. The molecule has 0 saturated carbocycles. The van der Waals surface area contributed by atoms with Crippen molar-refractivity contribution >= 4 is 21.8 Å². The molecule has 1 unspecified atom stereocenters. The number of amides is 2. The Morgan fingerprint density at radius 1 is 1.35 bits per heavy atom. The van der Waals surface area contributed by atoms with E-state index < -0.39 is 33.1 Å². The molecule has 2 amide bonds. The Kier molecular flexibility index (Phi) is 6.46. The van der Waals surface area contributed by atoms with Crippen LogP contribution >= 0.6 is 0 Å². The van der Waals surface area contributed by atoms with E-state index in [1.807, 2.05) is 6.92 Å². The minimum absolute atomic E-state index is 0.0722. The number of sulfone groups is 1. The molecule has 0 heterocycles. The summed E-state index contributed by atoms with van der Waals surface area (Å²) < 4.78 is 22.0. The van der Waals surface area contributed by atoms with Crippen molar-refractivity contribution in [3.05, 3.63) is 0 Å². The Morgan fingerprint density at radius 3 is 2.20 bits per heavy atom. The molecule has 0 aromatic heterocycles. The van der Waals surface area contributed by atoms with Gasteiger partial charge in [0.1, 0.15) is 6.54 Å². The van der Waals surface area contributed by atoms with Crippen LogP contribution in [0.4, 0.5) is 4.79 Å². The first-order valence-electron chi connectivity index (χ1n) is 6.38. The second-order valence-corrected chi connectivity index (χ2v) is 8.12. The monoisotopic (exact) mass is 308 g/mol. The predicted octanol–water partition coefficient (Wildman–Crippen LogP) is 0.704. The quantitative estimate of drug-likeness (QED) is 0.720. The zero-order chi connectivity index (χ0) is 16.1. The number of carboxylic acid groups (broad SMARTS) is 1. The van der Waals surface area contributed by atoms with Gasteiger partial charge in [-0.2, -0.15) is 0 Å². The number of urea groups is 1. The largest absolute Gasteiger partial charge is 0.480 e. The maximum absolute atomic E-state index is 12.0. The predicted molar refractivity (Wildman–Crippen MR) is 76.4 cm³/mol. The van der Waals surface area contributed by atoms with Crippen LogP contribution in [0.2, 0.25) is 0 Å². The van der Waals surface area contributed by atoms with E-state index in [9.17, 15) is 18.0 Å². The van der Waals surface area contributed by atoms with Crippen LogP contribution in [-0.4, -0.2) is 60.6 Å². The third-order valence-corrected chi connectivity index (χ3v) is 5.51. The van der Waals surface area contributed by atoms with E-state index in [-0.39, 0.29) is 12.6 Å². The number of rotatable bonds is 7. The van der Waals surface area contributed by atoms with Crippen molar-refractivity contribution in [2.75, 3.05) is 19.3 Å². The van der Waals surface area contributed by atoms with Crippen molar-refractivity contribution in [2.45, 2.75) is 44.9 Å². The summed E-state index contributed by atoms with van der Waals surface area (Å²) in [5.41, 5.74) is 0. The van der Waals surface area contributed by atoms with Gasteiger partial charge in [-0.15, -0.1) is 0 Å². The lowest BCUT2D eigenvalue weighted by atomic mass is 10.2. The highest BCUT2D eigenvalue weighted by Gasteiger charge is 2.31. The number of carbonyl (C=O) groups is 2. The first-order valence-corrected chi connectivity index (χ1v) is 8.27. The molecule has 0 aliphatic rings. The van der Waals surface area contributed by atoms with Crippen molar-refractivity contribution in [1.29, 1.82) is 0 Å². The lowest BCUT2D eigenvalue weighted by Crippen LogP contribution is -2.51. The number of nitrogens with zero attached hydrogens (tertiary/aromatic N) is 1. The molecule has 1 atom stereocenters. The van der Waals surface area contributed by atoms with Crippen LogP contribution < -0.4 is 5.32 Å². The lowest BCUT2D eigenvalue weighted by Gasteiger charge is -2.29. The zero-order valence-electron chi connectivity index (χ0n) is 12.6. The molecule has 8 heteroatoms. The maximum atomic E-state index is 12.0. The molecule has 0 aliphatic carbocycles. The highest BCUT2D eigenvalue weighted by molar-refractivity contribution is 7.92. The Bertz CT molecular complexity index is 458. The van der Waals surface area contributed by atoms with Crippen molar-refractivity contribution in [1.82, 2.24) is 10.2 Å². The van der Waals surface area contributed by atoms with Gasteiger partial charge in [0.15, 0.2) is 9.84 Å². The molecule has 0 radical (unpaired) electrons. The number of carbonyl (C=O) groups excluding carboxylic acids is 1. The van der Waals surface area contributed by atoms with E-state index in [0.29, 0.717) is 6.42 Å². The fraction of sp³-hybridized carbons (Fsp3) is 0.833. The molecule has 0 spiro atoms. The van der Waals surface area contributed by atoms with Gasteiger partial charge in [0, 0.05) is 18.8 Å². The summed E-state index contributed by atoms with van der Waals surface area (Å²) in [6.45, 7) is 6.11. The highest BCUT2D eigenvalue weighted by atomic mass is 32.2. The molecule has 0 aromatic rings. The molecule has 0 aliphatic heterocycles. The Labute approximate surface area is 120 Å². The van der Waals surface area contributed by atoms with Gasteiger partial charge in [0.05, 0.1) is 4.75 Å². The van der Waals surface area contributed by atoms with Crippen LogP contribution in [0, 0.1) is 0 Å². The number of nitrogens with one attached hydrogen (secondary N) is 1. The van der Waals surface area contributed by atoms with Crippen LogP contribution in [0.3, 0.4) is 0 Å². The molecule has 0 saturated heterocycles. The number of aliphatic carboxylic acids is 1. The van der Waals surface area contributed by atoms with Crippen LogP contribution in [-0.2, 0) is 14.6 Å². The number of hydrogen-bond donors (Lipinski definition) is 2. The average molecular weight is 308 g/mol. The van der Waals surface area contributed by atoms with Crippen molar-refractivity contribution in [3.8, 4) is 0 Å². The van der Waals surface area contributed by atoms with E-state index in [1.165, 1.54) is 18.7 Å². The molecule has 0 rings (SSSR count). The first-order chi connectivity index (χ1) is 8.92. The lowest BCUT2D eigenvalue weighted by molar-refractivity contribution is -0.138. The Morgan fingerprint density at radius 2 is 1.85 bits per heavy atom. The smallest absolute Gasteiger partial charge is 0.323 e. The van der Waals surface area contributed by atoms with Crippen LogP contribution in [0.25, 0.3) is 0 Å². The summed E-state index contributed by atoms with van der Waals surface area (Å²) in [5.74, 6) is -1.11. The van der Waals surface area contributed by atoms with Gasteiger partial charge in [-0.05, 0) is 27.2 Å². The molecule has 0 fully saturated rings. The number of hydrogen-bond acceptors (Lipinski definition) is 4. The highest BCUT2D eigenvalue weighted by Crippen LogP contribution is 2.14. The van der Waals surface area contributed by atoms with Gasteiger partial charge >= 0.3 is 12.0 Å². The van der Waals surface area contributed by atoms with E-state index >= 15 is 0 Å². The van der Waals surface area contributed by atoms with E-state index in [4.69, 9.17) is 5.11 Å². The molecule has 118 valence electrons. The number of carboxylic acids is 1. The third kappa shape index (κ3) is 5.36. The van der Waals surface area contributed by atoms with Crippen molar-refractivity contribution in [2.24, 2.45) is 0 Å². The van der Waals surface area contributed by atoms with Gasteiger partial charge in [-0.3, -0.25) is 4.79 Å². The van der Waals surface area contributed by atoms with Crippen molar-refractivity contribution < 1.29 is 23.1 Å². The fourth-order valence-corrected chi connectivity index (χ4v) is 1.65. The second kappa shape index (κ2) is 6.92. The molecule has 2 N–H and O–H groups in total. The summed E-state index contributed by atoms with van der Waals surface area (Å²) in [7, 11) is -3.32. The standard InChI is InChI=1S/C12H24N2O5S/c1-6-9(2)14(7-10(15)16)11(17)13-8-12(3,4)20(5,18)19/h9H,6-8H2,1-5H3,(H,13,17)(H,15,16). The summed E-state index contributed by atoms with van der Waals surface area (Å²) in [6.07, 6.45) is 1.71. The van der Waals surface area contributed by atoms with E-state index in [1.54, 1.807) is 6.92 Å². The molecule has 0 aromatic carbocycles. The first kappa shape index (κ1) is 18.7. The summed E-state index contributed by atoms with van der Waals surface area (Å²) in [6, 6.07) is -0.814. The van der Waals surface area contributed by atoms with E-state index in [2.05, 4.69) is 5.32 Å². The maximum Gasteiger partial charge on any atom is 0.323 e. The van der Waals surface area contributed by atoms with Crippen molar-refractivity contribution in [3.63, 3.8) is 0 Å².